The van der Waals surface area contributed by atoms with Crippen molar-refractivity contribution in [3.63, 3.8) is 0 Å². The minimum atomic E-state index is -2.86. The molecule has 0 radical (unpaired) electrons. The van der Waals surface area contributed by atoms with Gasteiger partial charge in [0.15, 0.2) is 0 Å². The van der Waals surface area contributed by atoms with Crippen LogP contribution in [0.5, 0.6) is 0 Å². The van der Waals surface area contributed by atoms with Crippen molar-refractivity contribution in [2.45, 2.75) is 11.5 Å². The lowest BCUT2D eigenvalue weighted by Crippen LogP contribution is -2.06. The predicted molar refractivity (Wildman–Crippen MR) is 71.1 cm³/mol. The van der Waals surface area contributed by atoms with Crippen LogP contribution in [0.4, 0.5) is 8.78 Å². The van der Waals surface area contributed by atoms with Crippen LogP contribution in [0.2, 0.25) is 0 Å². The van der Waals surface area contributed by atoms with Gasteiger partial charge in [-0.3, -0.25) is 4.78 Å². The van der Waals surface area contributed by atoms with Crippen molar-refractivity contribution in [1.29, 1.82) is 4.78 Å². The maximum Gasteiger partial charge on any atom is 0.123 e. The Morgan fingerprint density at radius 2 is 1.11 bits per heavy atom. The number of nitrogens with one attached hydrogen (secondary N) is 1. The summed E-state index contributed by atoms with van der Waals surface area (Å²) in [6.07, 6.45) is 0. The van der Waals surface area contributed by atoms with E-state index in [0.29, 0.717) is 11.1 Å². The number of hydrogen-bond acceptors (Lipinski definition) is 2. The van der Waals surface area contributed by atoms with E-state index in [-0.39, 0.29) is 23.1 Å². The highest BCUT2D eigenvalue weighted by molar-refractivity contribution is 7.90. The Hall–Kier alpha value is -1.75. The molecule has 1 N–H and O–H groups in total. The van der Waals surface area contributed by atoms with Gasteiger partial charge in [-0.05, 0) is 35.4 Å². The Labute approximate surface area is 111 Å². The summed E-state index contributed by atoms with van der Waals surface area (Å²) in [5.74, 6) is -0.604. The first-order valence-electron chi connectivity index (χ1n) is 5.68. The summed E-state index contributed by atoms with van der Waals surface area (Å²) in [4.78, 5) is 0. The molecule has 100 valence electrons. The highest BCUT2D eigenvalue weighted by Gasteiger charge is 2.09. The molecule has 0 amide bonds. The molecular formula is C14H13F2NOS. The first-order chi connectivity index (χ1) is 8.94. The van der Waals surface area contributed by atoms with E-state index < -0.39 is 9.73 Å². The second kappa shape index (κ2) is 5.48. The number of benzene rings is 2. The van der Waals surface area contributed by atoms with Crippen molar-refractivity contribution in [3.8, 4) is 0 Å². The Kier molecular flexibility index (Phi) is 3.95. The van der Waals surface area contributed by atoms with Gasteiger partial charge in [0.1, 0.15) is 11.6 Å². The monoisotopic (exact) mass is 281 g/mol. The van der Waals surface area contributed by atoms with Crippen molar-refractivity contribution < 1.29 is 13.0 Å². The molecule has 0 aromatic heterocycles. The fourth-order valence-corrected chi connectivity index (χ4v) is 3.31. The van der Waals surface area contributed by atoms with Crippen molar-refractivity contribution >= 4 is 9.73 Å². The van der Waals surface area contributed by atoms with Crippen molar-refractivity contribution in [2.75, 3.05) is 0 Å². The molecule has 0 aliphatic rings. The van der Waals surface area contributed by atoms with Gasteiger partial charge < -0.3 is 0 Å². The molecule has 5 heteroatoms. The molecule has 2 aromatic rings. The fourth-order valence-electron chi connectivity index (χ4n) is 1.75. The summed E-state index contributed by atoms with van der Waals surface area (Å²) in [7, 11) is -2.86. The predicted octanol–water partition coefficient (Wildman–Crippen LogP) is 3.71. The standard InChI is InChI=1S/C14H13F2NOS/c15-13-5-1-11(2-6-13)9-19(17,18)10-12-3-7-14(16)8-4-12/h1-8,17H,9-10H2. The summed E-state index contributed by atoms with van der Waals surface area (Å²) in [6.45, 7) is 0. The van der Waals surface area contributed by atoms with Gasteiger partial charge in [-0.1, -0.05) is 24.3 Å². The van der Waals surface area contributed by atoms with Crippen LogP contribution in [-0.2, 0) is 21.2 Å². The molecule has 2 aromatic carbocycles. The van der Waals surface area contributed by atoms with Crippen LogP contribution in [0.25, 0.3) is 0 Å². The zero-order valence-electron chi connectivity index (χ0n) is 10.1. The van der Waals surface area contributed by atoms with E-state index in [0.717, 1.165) is 0 Å². The van der Waals surface area contributed by atoms with E-state index in [4.69, 9.17) is 4.78 Å². The SMILES string of the molecule is N=S(=O)(Cc1ccc(F)cc1)Cc1ccc(F)cc1. The lowest BCUT2D eigenvalue weighted by Gasteiger charge is -2.08. The Bertz CT molecular complexity index is 595. The van der Waals surface area contributed by atoms with Crippen molar-refractivity contribution in [2.24, 2.45) is 0 Å². The minimum Gasteiger partial charge on any atom is -0.252 e. The van der Waals surface area contributed by atoms with Crippen molar-refractivity contribution in [3.05, 3.63) is 71.3 Å². The van der Waals surface area contributed by atoms with Gasteiger partial charge in [0.25, 0.3) is 0 Å². The molecule has 0 bridgehead atoms. The fraction of sp³-hybridized carbons (Fsp3) is 0.143. The molecule has 0 fully saturated rings. The highest BCUT2D eigenvalue weighted by atomic mass is 32.2. The first kappa shape index (κ1) is 13.7. The van der Waals surface area contributed by atoms with Crippen molar-refractivity contribution in [1.82, 2.24) is 0 Å². The quantitative estimate of drug-likeness (QED) is 0.911. The molecule has 19 heavy (non-hydrogen) atoms. The normalized spacial score (nSPS) is 11.5. The lowest BCUT2D eigenvalue weighted by atomic mass is 10.2. The summed E-state index contributed by atoms with van der Waals surface area (Å²) in [6, 6.07) is 11.2. The van der Waals surface area contributed by atoms with E-state index in [2.05, 4.69) is 0 Å². The van der Waals surface area contributed by atoms with Gasteiger partial charge in [-0.15, -0.1) is 0 Å². The summed E-state index contributed by atoms with van der Waals surface area (Å²) in [5.41, 5.74) is 1.31. The smallest absolute Gasteiger partial charge is 0.123 e. The largest absolute Gasteiger partial charge is 0.252 e. The van der Waals surface area contributed by atoms with Gasteiger partial charge >= 0.3 is 0 Å². The van der Waals surface area contributed by atoms with Gasteiger partial charge in [0, 0.05) is 0 Å². The lowest BCUT2D eigenvalue weighted by molar-refractivity contribution is 0.627. The van der Waals surface area contributed by atoms with Gasteiger partial charge in [0.05, 0.1) is 21.2 Å². The molecule has 0 saturated heterocycles. The third-order valence-electron chi connectivity index (χ3n) is 2.63. The van der Waals surface area contributed by atoms with Gasteiger partial charge in [-0.25, -0.2) is 13.0 Å². The van der Waals surface area contributed by atoms with E-state index in [1.54, 1.807) is 0 Å². The highest BCUT2D eigenvalue weighted by Crippen LogP contribution is 2.14. The van der Waals surface area contributed by atoms with E-state index in [9.17, 15) is 13.0 Å². The molecule has 0 spiro atoms. The van der Waals surface area contributed by atoms with Crippen LogP contribution in [0, 0.1) is 16.4 Å². The molecule has 0 heterocycles. The second-order valence-electron chi connectivity index (χ2n) is 4.35. The van der Waals surface area contributed by atoms with Crippen LogP contribution in [-0.4, -0.2) is 4.21 Å². The maximum absolute atomic E-state index is 12.8. The number of hydrogen-bond donors (Lipinski definition) is 1. The number of halogens is 2. The summed E-state index contributed by atoms with van der Waals surface area (Å²) >= 11 is 0. The van der Waals surface area contributed by atoms with E-state index >= 15 is 0 Å². The molecule has 0 unspecified atom stereocenters. The second-order valence-corrected chi connectivity index (χ2v) is 6.55. The molecule has 0 atom stereocenters. The Balaban J connectivity index is 2.10. The van der Waals surface area contributed by atoms with Crippen LogP contribution in [0.15, 0.2) is 48.5 Å². The zero-order valence-corrected chi connectivity index (χ0v) is 10.9. The summed E-state index contributed by atoms with van der Waals surface area (Å²) in [5, 5.41) is 0. The van der Waals surface area contributed by atoms with E-state index in [1.165, 1.54) is 48.5 Å². The van der Waals surface area contributed by atoms with Crippen LogP contribution < -0.4 is 0 Å². The molecular weight excluding hydrogens is 268 g/mol. The van der Waals surface area contributed by atoms with Crippen LogP contribution >= 0.6 is 0 Å². The summed E-state index contributed by atoms with van der Waals surface area (Å²) < 4.78 is 45.5. The first-order valence-corrected chi connectivity index (χ1v) is 7.57. The van der Waals surface area contributed by atoms with Crippen LogP contribution in [0.1, 0.15) is 11.1 Å². The Morgan fingerprint density at radius 1 is 0.789 bits per heavy atom. The molecule has 0 aliphatic carbocycles. The molecule has 0 aliphatic heterocycles. The Morgan fingerprint density at radius 3 is 1.42 bits per heavy atom. The average Bonchev–Trinajstić information content (AvgIpc) is 2.34. The van der Waals surface area contributed by atoms with Gasteiger partial charge in [0.2, 0.25) is 0 Å². The average molecular weight is 281 g/mol. The number of rotatable bonds is 4. The molecule has 2 rings (SSSR count). The zero-order chi connectivity index (χ0) is 13.9. The maximum atomic E-state index is 12.8. The topological polar surface area (TPSA) is 40.9 Å². The van der Waals surface area contributed by atoms with Crippen LogP contribution in [0.3, 0.4) is 0 Å². The van der Waals surface area contributed by atoms with E-state index in [1.807, 2.05) is 0 Å². The third-order valence-corrected chi connectivity index (χ3v) is 4.23. The third kappa shape index (κ3) is 4.13. The molecule has 2 nitrogen and oxygen atoms in total. The molecule has 0 saturated carbocycles. The van der Waals surface area contributed by atoms with Gasteiger partial charge in [-0.2, -0.15) is 0 Å². The minimum absolute atomic E-state index is 0.0602.